The first-order valence-corrected chi connectivity index (χ1v) is 11.8. The fourth-order valence-electron chi connectivity index (χ4n) is 3.78. The topological polar surface area (TPSA) is 93.7 Å². The first-order valence-electron chi connectivity index (χ1n) is 11.8. The Kier molecular flexibility index (Phi) is 13.4. The Morgan fingerprint density at radius 1 is 0.967 bits per heavy atom. The number of hydrogen-bond donors (Lipinski definition) is 2. The summed E-state index contributed by atoms with van der Waals surface area (Å²) in [6, 6.07) is 0. The lowest BCUT2D eigenvalue weighted by atomic mass is 10.0. The molecule has 1 rings (SSSR count). The number of nitrogens with one attached hydrogen (secondary N) is 2. The van der Waals surface area contributed by atoms with Gasteiger partial charge in [0.1, 0.15) is 6.10 Å². The molecule has 0 aliphatic carbocycles. The number of hydrogen-bond acceptors (Lipinski definition) is 5. The molecule has 0 bridgehead atoms. The van der Waals surface area contributed by atoms with Crippen LogP contribution < -0.4 is 10.6 Å². The van der Waals surface area contributed by atoms with Crippen LogP contribution in [0.25, 0.3) is 0 Å². The highest BCUT2D eigenvalue weighted by molar-refractivity contribution is 5.81. The van der Waals surface area contributed by atoms with Crippen molar-refractivity contribution in [1.29, 1.82) is 0 Å². The summed E-state index contributed by atoms with van der Waals surface area (Å²) in [4.78, 5) is 35.8. The Hall–Kier alpha value is -1.63. The molecule has 3 unspecified atom stereocenters. The quantitative estimate of drug-likeness (QED) is 0.309. The largest absolute Gasteiger partial charge is 0.459 e. The molecule has 2 amide bonds. The normalized spacial score (nSPS) is 20.9. The van der Waals surface area contributed by atoms with Crippen molar-refractivity contribution in [1.82, 2.24) is 10.6 Å². The zero-order valence-electron chi connectivity index (χ0n) is 19.3. The van der Waals surface area contributed by atoms with Crippen LogP contribution in [0.3, 0.4) is 0 Å². The molecule has 0 aromatic carbocycles. The molecule has 1 aliphatic rings. The van der Waals surface area contributed by atoms with Crippen molar-refractivity contribution in [3.8, 4) is 0 Å². The van der Waals surface area contributed by atoms with E-state index in [2.05, 4.69) is 10.6 Å². The maximum atomic E-state index is 12.0. The Balaban J connectivity index is 2.01. The van der Waals surface area contributed by atoms with Crippen LogP contribution in [0.5, 0.6) is 0 Å². The van der Waals surface area contributed by atoms with Crippen molar-refractivity contribution in [2.24, 2.45) is 5.92 Å². The van der Waals surface area contributed by atoms with Gasteiger partial charge in [-0.05, 0) is 39.0 Å². The summed E-state index contributed by atoms with van der Waals surface area (Å²) in [5, 5.41) is 5.85. The Labute approximate surface area is 182 Å². The van der Waals surface area contributed by atoms with Crippen molar-refractivity contribution in [2.75, 3.05) is 13.1 Å². The van der Waals surface area contributed by atoms with E-state index in [4.69, 9.17) is 9.47 Å². The smallest absolute Gasteiger partial charge is 0.306 e. The van der Waals surface area contributed by atoms with Crippen LogP contribution in [0.1, 0.15) is 91.9 Å². The van der Waals surface area contributed by atoms with Gasteiger partial charge in [0.15, 0.2) is 0 Å². The van der Waals surface area contributed by atoms with Gasteiger partial charge in [0.2, 0.25) is 11.8 Å². The van der Waals surface area contributed by atoms with Crippen LogP contribution in [0, 0.1) is 5.92 Å². The Bertz CT molecular complexity index is 522. The van der Waals surface area contributed by atoms with E-state index in [0.29, 0.717) is 13.1 Å². The summed E-state index contributed by atoms with van der Waals surface area (Å²) < 4.78 is 11.2. The van der Waals surface area contributed by atoms with E-state index in [-0.39, 0.29) is 54.9 Å². The van der Waals surface area contributed by atoms with Gasteiger partial charge >= 0.3 is 5.97 Å². The lowest BCUT2D eigenvalue weighted by Gasteiger charge is -2.17. The molecule has 0 spiro atoms. The number of esters is 1. The number of amides is 2. The third kappa shape index (κ3) is 10.4. The molecule has 3 atom stereocenters. The Morgan fingerprint density at radius 2 is 1.60 bits per heavy atom. The monoisotopic (exact) mass is 426 g/mol. The predicted molar refractivity (Wildman–Crippen MR) is 117 cm³/mol. The van der Waals surface area contributed by atoms with E-state index >= 15 is 0 Å². The van der Waals surface area contributed by atoms with E-state index in [1.807, 2.05) is 27.7 Å². The number of unbranched alkanes of at least 4 members (excludes halogenated alkanes) is 3. The molecule has 0 radical (unpaired) electrons. The fourth-order valence-corrected chi connectivity index (χ4v) is 3.78. The molecule has 1 aliphatic heterocycles. The fraction of sp³-hybridized carbons (Fsp3) is 0.870. The minimum atomic E-state index is -0.332. The third-order valence-corrected chi connectivity index (χ3v) is 5.71. The van der Waals surface area contributed by atoms with Gasteiger partial charge in [0.25, 0.3) is 0 Å². The van der Waals surface area contributed by atoms with Crippen LogP contribution in [-0.4, -0.2) is 49.2 Å². The van der Waals surface area contributed by atoms with E-state index in [1.54, 1.807) is 0 Å². The molecule has 0 aromatic heterocycles. The van der Waals surface area contributed by atoms with E-state index in [1.165, 1.54) is 0 Å². The average molecular weight is 427 g/mol. The molecule has 7 heteroatoms. The maximum Gasteiger partial charge on any atom is 0.306 e. The molecule has 1 fully saturated rings. The molecule has 30 heavy (non-hydrogen) atoms. The van der Waals surface area contributed by atoms with Crippen LogP contribution in [0.4, 0.5) is 0 Å². The highest BCUT2D eigenvalue weighted by Gasteiger charge is 2.34. The minimum absolute atomic E-state index is 0.0363. The lowest BCUT2D eigenvalue weighted by Crippen LogP contribution is -2.30. The zero-order valence-corrected chi connectivity index (χ0v) is 19.3. The lowest BCUT2D eigenvalue weighted by molar-refractivity contribution is -0.152. The van der Waals surface area contributed by atoms with E-state index in [0.717, 1.165) is 51.4 Å². The van der Waals surface area contributed by atoms with Crippen LogP contribution >= 0.6 is 0 Å². The number of ether oxygens (including phenoxy) is 2. The van der Waals surface area contributed by atoms with Crippen LogP contribution in [0.15, 0.2) is 0 Å². The molecule has 1 saturated heterocycles. The van der Waals surface area contributed by atoms with Gasteiger partial charge in [-0.15, -0.1) is 0 Å². The van der Waals surface area contributed by atoms with Gasteiger partial charge in [-0.25, -0.2) is 0 Å². The first-order chi connectivity index (χ1) is 14.4. The molecule has 2 N–H and O–H groups in total. The average Bonchev–Trinajstić information content (AvgIpc) is 3.08. The summed E-state index contributed by atoms with van der Waals surface area (Å²) in [7, 11) is 0. The second-order valence-electron chi connectivity index (χ2n) is 8.23. The molecule has 1 heterocycles. The summed E-state index contributed by atoms with van der Waals surface area (Å²) in [6.07, 6.45) is 7.30. The van der Waals surface area contributed by atoms with Gasteiger partial charge in [-0.3, -0.25) is 14.4 Å². The molecule has 0 saturated carbocycles. The SMILES string of the molecule is CCC(CC)C(=O)NCCCCCCNC(=O)CCC(=O)OC1CC(C)OC1CC. The molecule has 174 valence electrons. The predicted octanol–water partition coefficient (Wildman–Crippen LogP) is 3.49. The summed E-state index contributed by atoms with van der Waals surface area (Å²) >= 11 is 0. The minimum Gasteiger partial charge on any atom is -0.459 e. The number of carbonyl (C=O) groups excluding carboxylic acids is 3. The van der Waals surface area contributed by atoms with Crippen molar-refractivity contribution in [3.05, 3.63) is 0 Å². The van der Waals surface area contributed by atoms with E-state index < -0.39 is 0 Å². The second-order valence-corrected chi connectivity index (χ2v) is 8.23. The first kappa shape index (κ1) is 26.4. The van der Waals surface area contributed by atoms with Gasteiger partial charge in [0, 0.05) is 31.8 Å². The number of carbonyl (C=O) groups is 3. The van der Waals surface area contributed by atoms with E-state index in [9.17, 15) is 14.4 Å². The molecule has 0 aromatic rings. The van der Waals surface area contributed by atoms with Gasteiger partial charge in [-0.2, -0.15) is 0 Å². The van der Waals surface area contributed by atoms with Gasteiger partial charge in [0.05, 0.1) is 18.6 Å². The maximum absolute atomic E-state index is 12.0. The van der Waals surface area contributed by atoms with Gasteiger partial charge < -0.3 is 20.1 Å². The van der Waals surface area contributed by atoms with Crippen molar-refractivity contribution >= 4 is 17.8 Å². The second kappa shape index (κ2) is 15.2. The summed E-state index contributed by atoms with van der Waals surface area (Å²) in [6.45, 7) is 9.40. The highest BCUT2D eigenvalue weighted by Crippen LogP contribution is 2.25. The van der Waals surface area contributed by atoms with Crippen LogP contribution in [-0.2, 0) is 23.9 Å². The molecular weight excluding hydrogens is 384 g/mol. The van der Waals surface area contributed by atoms with Crippen molar-refractivity contribution in [3.63, 3.8) is 0 Å². The molecule has 7 nitrogen and oxygen atoms in total. The highest BCUT2D eigenvalue weighted by atomic mass is 16.6. The third-order valence-electron chi connectivity index (χ3n) is 5.71. The molecular formula is C23H42N2O5. The van der Waals surface area contributed by atoms with Gasteiger partial charge in [-0.1, -0.05) is 33.6 Å². The standard InChI is InChI=1S/C23H42N2O5/c1-5-18(6-2)23(28)25-15-11-9-8-10-14-24-21(26)12-13-22(27)30-20-16-17(4)29-19(20)7-3/h17-20H,5-16H2,1-4H3,(H,24,26)(H,25,28). The van der Waals surface area contributed by atoms with Crippen molar-refractivity contribution < 1.29 is 23.9 Å². The zero-order chi connectivity index (χ0) is 22.4. The Morgan fingerprint density at radius 3 is 2.20 bits per heavy atom. The van der Waals surface area contributed by atoms with Crippen LogP contribution in [0.2, 0.25) is 0 Å². The summed E-state index contributed by atoms with van der Waals surface area (Å²) in [5.74, 6) is -0.166. The number of rotatable bonds is 15. The summed E-state index contributed by atoms with van der Waals surface area (Å²) in [5.41, 5.74) is 0. The van der Waals surface area contributed by atoms with Crippen molar-refractivity contribution in [2.45, 2.75) is 110 Å².